The molecule has 1 N–H and O–H groups in total. The molecule has 0 spiro atoms. The summed E-state index contributed by atoms with van der Waals surface area (Å²) in [6.45, 7) is 0.283. The number of methoxy groups -OCH3 is 2. The average Bonchev–Trinajstić information content (AvgIpc) is 2.65. The number of sulfone groups is 1. The molecule has 1 amide bonds. The number of carbonyl (C=O) groups is 1. The fourth-order valence-corrected chi connectivity index (χ4v) is 3.50. The van der Waals surface area contributed by atoms with Crippen molar-refractivity contribution < 1.29 is 22.7 Å². The Morgan fingerprint density at radius 1 is 1.00 bits per heavy atom. The zero-order valence-corrected chi connectivity index (χ0v) is 15.0. The molecular weight excluding hydrogens is 342 g/mol. The van der Waals surface area contributed by atoms with Crippen molar-refractivity contribution in [1.82, 2.24) is 5.32 Å². The van der Waals surface area contributed by atoms with Crippen molar-refractivity contribution >= 4 is 15.7 Å². The highest BCUT2D eigenvalue weighted by atomic mass is 32.2. The van der Waals surface area contributed by atoms with Gasteiger partial charge in [-0.15, -0.1) is 0 Å². The minimum atomic E-state index is -3.52. The maximum Gasteiger partial charge on any atom is 0.221 e. The van der Waals surface area contributed by atoms with E-state index in [-0.39, 0.29) is 29.5 Å². The van der Waals surface area contributed by atoms with Gasteiger partial charge in [0.2, 0.25) is 5.91 Å². The van der Waals surface area contributed by atoms with Crippen molar-refractivity contribution in [3.8, 4) is 11.5 Å². The van der Waals surface area contributed by atoms with Crippen LogP contribution in [0.25, 0.3) is 0 Å². The van der Waals surface area contributed by atoms with Gasteiger partial charge in [0.05, 0.1) is 24.9 Å². The lowest BCUT2D eigenvalue weighted by Gasteiger charge is -2.10. The molecule has 0 saturated carbocycles. The van der Waals surface area contributed by atoms with Crippen molar-refractivity contribution in [1.29, 1.82) is 0 Å². The summed E-state index contributed by atoms with van der Waals surface area (Å²) in [6, 6.07) is 13.4. The van der Waals surface area contributed by atoms with Crippen LogP contribution in [-0.2, 0) is 21.2 Å². The van der Waals surface area contributed by atoms with Gasteiger partial charge >= 0.3 is 0 Å². The largest absolute Gasteiger partial charge is 0.497 e. The van der Waals surface area contributed by atoms with Crippen LogP contribution < -0.4 is 14.8 Å². The molecule has 2 rings (SSSR count). The summed E-state index contributed by atoms with van der Waals surface area (Å²) in [7, 11) is -0.450. The molecule has 0 bridgehead atoms. The SMILES string of the molecule is COc1ccc(S(=O)(=O)CCC(=O)NCc2ccccc2OC)cc1. The smallest absolute Gasteiger partial charge is 0.221 e. The maximum absolute atomic E-state index is 12.3. The maximum atomic E-state index is 12.3. The Kier molecular flexibility index (Phi) is 6.41. The molecule has 2 aromatic rings. The van der Waals surface area contributed by atoms with Gasteiger partial charge in [0.25, 0.3) is 0 Å². The first kappa shape index (κ1) is 18.8. The van der Waals surface area contributed by atoms with Crippen LogP contribution in [0.1, 0.15) is 12.0 Å². The first-order chi connectivity index (χ1) is 12.0. The minimum absolute atomic E-state index is 0.108. The summed E-state index contributed by atoms with van der Waals surface area (Å²) in [4.78, 5) is 12.1. The number of carbonyl (C=O) groups excluding carboxylic acids is 1. The molecule has 0 radical (unpaired) electrons. The topological polar surface area (TPSA) is 81.7 Å². The lowest BCUT2D eigenvalue weighted by Crippen LogP contribution is -2.25. The zero-order valence-electron chi connectivity index (χ0n) is 14.2. The lowest BCUT2D eigenvalue weighted by atomic mass is 10.2. The monoisotopic (exact) mass is 363 g/mol. The summed E-state index contributed by atoms with van der Waals surface area (Å²) < 4.78 is 34.8. The van der Waals surface area contributed by atoms with Crippen molar-refractivity contribution in [2.75, 3.05) is 20.0 Å². The highest BCUT2D eigenvalue weighted by Gasteiger charge is 2.16. The molecule has 6 nitrogen and oxygen atoms in total. The molecule has 25 heavy (non-hydrogen) atoms. The van der Waals surface area contributed by atoms with E-state index in [0.717, 1.165) is 5.56 Å². The van der Waals surface area contributed by atoms with Crippen molar-refractivity contribution in [3.63, 3.8) is 0 Å². The van der Waals surface area contributed by atoms with Crippen LogP contribution in [0.4, 0.5) is 0 Å². The number of amides is 1. The first-order valence-corrected chi connectivity index (χ1v) is 9.37. The Hall–Kier alpha value is -2.54. The van der Waals surface area contributed by atoms with E-state index in [0.29, 0.717) is 11.5 Å². The fourth-order valence-electron chi connectivity index (χ4n) is 2.26. The Morgan fingerprint density at radius 3 is 2.32 bits per heavy atom. The van der Waals surface area contributed by atoms with Gasteiger partial charge < -0.3 is 14.8 Å². The molecule has 0 heterocycles. The second kappa shape index (κ2) is 8.53. The van der Waals surface area contributed by atoms with Gasteiger partial charge in [-0.2, -0.15) is 0 Å². The first-order valence-electron chi connectivity index (χ1n) is 7.71. The van der Waals surface area contributed by atoms with E-state index in [2.05, 4.69) is 5.32 Å². The molecule has 7 heteroatoms. The van der Waals surface area contributed by atoms with Crippen LogP contribution in [0.15, 0.2) is 53.4 Å². The van der Waals surface area contributed by atoms with Gasteiger partial charge in [-0.05, 0) is 30.3 Å². The van der Waals surface area contributed by atoms with E-state index < -0.39 is 9.84 Å². The normalized spacial score (nSPS) is 11.0. The van der Waals surface area contributed by atoms with Crippen molar-refractivity contribution in [2.45, 2.75) is 17.9 Å². The number of nitrogens with one attached hydrogen (secondary N) is 1. The molecule has 0 unspecified atom stereocenters. The number of hydrogen-bond acceptors (Lipinski definition) is 5. The number of ether oxygens (including phenoxy) is 2. The predicted molar refractivity (Wildman–Crippen MR) is 94.5 cm³/mol. The number of hydrogen-bond donors (Lipinski definition) is 1. The number of para-hydroxylation sites is 1. The Morgan fingerprint density at radius 2 is 1.68 bits per heavy atom. The van der Waals surface area contributed by atoms with Crippen molar-refractivity contribution in [2.24, 2.45) is 0 Å². The van der Waals surface area contributed by atoms with Gasteiger partial charge in [-0.3, -0.25) is 4.79 Å². The fraction of sp³-hybridized carbons (Fsp3) is 0.278. The van der Waals surface area contributed by atoms with Crippen LogP contribution in [0.3, 0.4) is 0 Å². The minimum Gasteiger partial charge on any atom is -0.497 e. The Balaban J connectivity index is 1.90. The predicted octanol–water partition coefficient (Wildman–Crippen LogP) is 2.18. The van der Waals surface area contributed by atoms with E-state index in [4.69, 9.17) is 9.47 Å². The quantitative estimate of drug-likeness (QED) is 0.777. The highest BCUT2D eigenvalue weighted by Crippen LogP contribution is 2.18. The van der Waals surface area contributed by atoms with Crippen LogP contribution in [0, 0.1) is 0 Å². The van der Waals surface area contributed by atoms with Crippen molar-refractivity contribution in [3.05, 3.63) is 54.1 Å². The third-order valence-electron chi connectivity index (χ3n) is 3.68. The summed E-state index contributed by atoms with van der Waals surface area (Å²) >= 11 is 0. The third kappa shape index (κ3) is 5.22. The number of rotatable bonds is 8. The van der Waals surface area contributed by atoms with E-state index in [1.165, 1.54) is 19.2 Å². The van der Waals surface area contributed by atoms with Gasteiger partial charge in [0.1, 0.15) is 11.5 Å². The van der Waals surface area contributed by atoms with Gasteiger partial charge in [0, 0.05) is 18.5 Å². The second-order valence-corrected chi connectivity index (χ2v) is 7.44. The van der Waals surface area contributed by atoms with Gasteiger partial charge in [0.15, 0.2) is 9.84 Å². The van der Waals surface area contributed by atoms with Gasteiger partial charge in [-0.25, -0.2) is 8.42 Å². The van der Waals surface area contributed by atoms with Crippen LogP contribution >= 0.6 is 0 Å². The molecule has 0 aliphatic carbocycles. The molecule has 0 atom stereocenters. The average molecular weight is 363 g/mol. The molecule has 0 fully saturated rings. The van der Waals surface area contributed by atoms with E-state index in [1.54, 1.807) is 25.3 Å². The molecule has 2 aromatic carbocycles. The zero-order chi connectivity index (χ0) is 18.3. The van der Waals surface area contributed by atoms with E-state index in [9.17, 15) is 13.2 Å². The third-order valence-corrected chi connectivity index (χ3v) is 5.42. The Bertz CT molecular complexity index is 816. The molecule has 0 aliphatic rings. The van der Waals surface area contributed by atoms with Crippen LogP contribution in [0.5, 0.6) is 11.5 Å². The molecule has 134 valence electrons. The summed E-state index contributed by atoms with van der Waals surface area (Å²) in [6.07, 6.45) is -0.108. The molecule has 0 aromatic heterocycles. The lowest BCUT2D eigenvalue weighted by molar-refractivity contribution is -0.120. The summed E-state index contributed by atoms with van der Waals surface area (Å²) in [5, 5.41) is 2.71. The standard InChI is InChI=1S/C18H21NO5S/c1-23-15-7-9-16(10-8-15)25(21,22)12-11-18(20)19-13-14-5-3-4-6-17(14)24-2/h3-10H,11-13H2,1-2H3,(H,19,20). The second-order valence-electron chi connectivity index (χ2n) is 5.33. The van der Waals surface area contributed by atoms with E-state index in [1.807, 2.05) is 18.2 Å². The van der Waals surface area contributed by atoms with E-state index >= 15 is 0 Å². The van der Waals surface area contributed by atoms with Gasteiger partial charge in [-0.1, -0.05) is 18.2 Å². The molecule has 0 aliphatic heterocycles. The highest BCUT2D eigenvalue weighted by molar-refractivity contribution is 7.91. The van der Waals surface area contributed by atoms with Crippen LogP contribution in [-0.4, -0.2) is 34.3 Å². The summed E-state index contributed by atoms with van der Waals surface area (Å²) in [5.74, 6) is 0.669. The molecule has 0 saturated heterocycles. The molecular formula is C18H21NO5S. The summed E-state index contributed by atoms with van der Waals surface area (Å²) in [5.41, 5.74) is 0.830. The number of benzene rings is 2. The van der Waals surface area contributed by atoms with Crippen LogP contribution in [0.2, 0.25) is 0 Å². The Labute approximate surface area is 147 Å².